The first-order valence-corrected chi connectivity index (χ1v) is 8.62. The van der Waals surface area contributed by atoms with E-state index in [1.165, 1.54) is 0 Å². The first-order chi connectivity index (χ1) is 9.77. The van der Waals surface area contributed by atoms with Gasteiger partial charge in [0.15, 0.2) is 0 Å². The van der Waals surface area contributed by atoms with Gasteiger partial charge >= 0.3 is 5.97 Å². The zero-order valence-corrected chi connectivity index (χ0v) is 13.6. The van der Waals surface area contributed by atoms with Crippen molar-refractivity contribution in [2.45, 2.75) is 39.0 Å². The summed E-state index contributed by atoms with van der Waals surface area (Å²) in [5.41, 5.74) is 1.06. The molecule has 1 saturated carbocycles. The van der Waals surface area contributed by atoms with Crippen LogP contribution in [-0.2, 0) is 14.8 Å². The molecule has 0 saturated heterocycles. The minimum absolute atomic E-state index is 0.152. The van der Waals surface area contributed by atoms with Crippen molar-refractivity contribution < 1.29 is 17.9 Å². The van der Waals surface area contributed by atoms with E-state index in [-0.39, 0.29) is 17.2 Å². The topological polar surface area (TPSA) is 88.3 Å². The lowest BCUT2D eigenvalue weighted by Crippen LogP contribution is -2.27. The van der Waals surface area contributed by atoms with Gasteiger partial charge < -0.3 is 9.72 Å². The molecular formula is C14H22N2O4S. The summed E-state index contributed by atoms with van der Waals surface area (Å²) in [4.78, 5) is 14.8. The summed E-state index contributed by atoms with van der Waals surface area (Å²) in [6, 6.07) is 0. The summed E-state index contributed by atoms with van der Waals surface area (Å²) < 4.78 is 32.4. The zero-order chi connectivity index (χ0) is 15.8. The quantitative estimate of drug-likeness (QED) is 0.783. The van der Waals surface area contributed by atoms with Crippen molar-refractivity contribution in [3.8, 4) is 0 Å². The summed E-state index contributed by atoms with van der Waals surface area (Å²) in [5, 5.41) is 0. The van der Waals surface area contributed by atoms with Gasteiger partial charge in [-0.05, 0) is 39.0 Å². The number of rotatable bonds is 6. The number of sulfonamides is 1. The molecule has 21 heavy (non-hydrogen) atoms. The molecule has 6 nitrogen and oxygen atoms in total. The SMILES string of the molecule is CCOC(=O)c1[nH]c(C)c(S(=O)(=O)NCC2CC2C)c1C. The van der Waals surface area contributed by atoms with Crippen molar-refractivity contribution >= 4 is 16.0 Å². The molecule has 0 spiro atoms. The Morgan fingerprint density at radius 3 is 2.57 bits per heavy atom. The van der Waals surface area contributed by atoms with Crippen molar-refractivity contribution in [1.29, 1.82) is 0 Å². The Labute approximate surface area is 125 Å². The Bertz CT molecular complexity index is 648. The Morgan fingerprint density at radius 1 is 1.43 bits per heavy atom. The summed E-state index contributed by atoms with van der Waals surface area (Å²) in [6.45, 7) is 7.76. The molecule has 2 N–H and O–H groups in total. The smallest absolute Gasteiger partial charge is 0.355 e. The fourth-order valence-corrected chi connectivity index (χ4v) is 4.05. The molecule has 1 fully saturated rings. The third kappa shape index (κ3) is 3.29. The van der Waals surface area contributed by atoms with E-state index in [1.54, 1.807) is 20.8 Å². The second-order valence-electron chi connectivity index (χ2n) is 5.62. The summed E-state index contributed by atoms with van der Waals surface area (Å²) in [5.74, 6) is 0.468. The van der Waals surface area contributed by atoms with Crippen LogP contribution >= 0.6 is 0 Å². The molecule has 1 aromatic rings. The molecule has 0 aromatic carbocycles. The van der Waals surface area contributed by atoms with Crippen molar-refractivity contribution in [2.24, 2.45) is 11.8 Å². The van der Waals surface area contributed by atoms with Crippen LogP contribution in [-0.4, -0.2) is 32.5 Å². The van der Waals surface area contributed by atoms with Gasteiger partial charge in [-0.1, -0.05) is 6.92 Å². The maximum Gasteiger partial charge on any atom is 0.355 e. The molecule has 0 bridgehead atoms. The lowest BCUT2D eigenvalue weighted by molar-refractivity contribution is 0.0519. The minimum Gasteiger partial charge on any atom is -0.461 e. The predicted octanol–water partition coefficient (Wildman–Crippen LogP) is 1.74. The number of aryl methyl sites for hydroxylation is 1. The van der Waals surface area contributed by atoms with Gasteiger partial charge in [-0.2, -0.15) is 0 Å². The summed E-state index contributed by atoms with van der Waals surface area (Å²) in [7, 11) is -3.62. The van der Waals surface area contributed by atoms with Gasteiger partial charge in [0.2, 0.25) is 10.0 Å². The number of nitrogens with one attached hydrogen (secondary N) is 2. The maximum absolute atomic E-state index is 12.4. The molecule has 2 atom stereocenters. The number of H-pyrrole nitrogens is 1. The Kier molecular flexibility index (Phi) is 4.43. The fraction of sp³-hybridized carbons (Fsp3) is 0.643. The highest BCUT2D eigenvalue weighted by atomic mass is 32.2. The molecular weight excluding hydrogens is 292 g/mol. The van der Waals surface area contributed by atoms with Gasteiger partial charge in [0.05, 0.1) is 6.61 Å². The monoisotopic (exact) mass is 314 g/mol. The first-order valence-electron chi connectivity index (χ1n) is 7.13. The van der Waals surface area contributed by atoms with Gasteiger partial charge in [-0.15, -0.1) is 0 Å². The van der Waals surface area contributed by atoms with E-state index in [1.807, 2.05) is 0 Å². The number of esters is 1. The predicted molar refractivity (Wildman–Crippen MR) is 78.7 cm³/mol. The molecule has 1 aliphatic carbocycles. The highest BCUT2D eigenvalue weighted by molar-refractivity contribution is 7.89. The van der Waals surface area contributed by atoms with E-state index in [4.69, 9.17) is 4.74 Å². The van der Waals surface area contributed by atoms with E-state index >= 15 is 0 Å². The maximum atomic E-state index is 12.4. The van der Waals surface area contributed by atoms with Crippen molar-refractivity contribution in [1.82, 2.24) is 9.71 Å². The van der Waals surface area contributed by atoms with E-state index in [9.17, 15) is 13.2 Å². The zero-order valence-electron chi connectivity index (χ0n) is 12.8. The van der Waals surface area contributed by atoms with Crippen LogP contribution in [0.4, 0.5) is 0 Å². The molecule has 2 rings (SSSR count). The van der Waals surface area contributed by atoms with E-state index in [2.05, 4.69) is 16.6 Å². The Hall–Kier alpha value is -1.34. The average molecular weight is 314 g/mol. The largest absolute Gasteiger partial charge is 0.461 e. The fourth-order valence-electron chi connectivity index (χ4n) is 2.52. The minimum atomic E-state index is -3.62. The molecule has 2 unspecified atom stereocenters. The Morgan fingerprint density at radius 2 is 2.05 bits per heavy atom. The van der Waals surface area contributed by atoms with Crippen LogP contribution in [0.25, 0.3) is 0 Å². The molecule has 0 aliphatic heterocycles. The van der Waals surface area contributed by atoms with Gasteiger partial charge in [0, 0.05) is 17.8 Å². The van der Waals surface area contributed by atoms with Gasteiger partial charge in [-0.3, -0.25) is 0 Å². The van der Waals surface area contributed by atoms with E-state index < -0.39 is 16.0 Å². The van der Waals surface area contributed by atoms with Gasteiger partial charge in [0.25, 0.3) is 0 Å². The van der Waals surface area contributed by atoms with Gasteiger partial charge in [0.1, 0.15) is 10.6 Å². The highest BCUT2D eigenvalue weighted by Crippen LogP contribution is 2.37. The molecule has 0 amide bonds. The van der Waals surface area contributed by atoms with Crippen LogP contribution in [0.3, 0.4) is 0 Å². The highest BCUT2D eigenvalue weighted by Gasteiger charge is 2.34. The standard InChI is InChI=1S/C14H22N2O4S/c1-5-20-14(17)12-9(3)13(10(4)16-12)21(18,19)15-7-11-6-8(11)2/h8,11,15-16H,5-7H2,1-4H3. The van der Waals surface area contributed by atoms with E-state index in [0.717, 1.165) is 6.42 Å². The van der Waals surface area contributed by atoms with Crippen LogP contribution in [0.1, 0.15) is 42.0 Å². The molecule has 1 aromatic heterocycles. The number of aromatic amines is 1. The number of hydrogen-bond donors (Lipinski definition) is 2. The molecule has 1 heterocycles. The van der Waals surface area contributed by atoms with Crippen LogP contribution in [0.5, 0.6) is 0 Å². The average Bonchev–Trinajstić information content (AvgIpc) is 3.00. The molecule has 1 aliphatic rings. The van der Waals surface area contributed by atoms with Crippen molar-refractivity contribution in [3.05, 3.63) is 17.0 Å². The Balaban J connectivity index is 2.24. The second kappa shape index (κ2) is 5.81. The van der Waals surface area contributed by atoms with Crippen molar-refractivity contribution in [3.63, 3.8) is 0 Å². The van der Waals surface area contributed by atoms with Crippen LogP contribution in [0.15, 0.2) is 4.90 Å². The third-order valence-electron chi connectivity index (χ3n) is 3.93. The number of hydrogen-bond acceptors (Lipinski definition) is 4. The molecule has 7 heteroatoms. The van der Waals surface area contributed by atoms with Gasteiger partial charge in [-0.25, -0.2) is 17.9 Å². The summed E-state index contributed by atoms with van der Waals surface area (Å²) >= 11 is 0. The number of aromatic nitrogens is 1. The van der Waals surface area contributed by atoms with Crippen LogP contribution in [0, 0.1) is 25.7 Å². The lowest BCUT2D eigenvalue weighted by Gasteiger charge is -2.07. The van der Waals surface area contributed by atoms with Crippen molar-refractivity contribution in [2.75, 3.05) is 13.2 Å². The first kappa shape index (κ1) is 16.0. The third-order valence-corrected chi connectivity index (χ3v) is 5.63. The molecule has 118 valence electrons. The lowest BCUT2D eigenvalue weighted by atomic mass is 10.2. The number of carbonyl (C=O) groups is 1. The summed E-state index contributed by atoms with van der Waals surface area (Å²) in [6.07, 6.45) is 1.06. The number of ether oxygens (including phenoxy) is 1. The van der Waals surface area contributed by atoms with Crippen LogP contribution < -0.4 is 4.72 Å². The van der Waals surface area contributed by atoms with Crippen LogP contribution in [0.2, 0.25) is 0 Å². The number of carbonyl (C=O) groups excluding carboxylic acids is 1. The van der Waals surface area contributed by atoms with E-state index in [0.29, 0.717) is 29.6 Å². The molecule has 0 radical (unpaired) electrons. The normalized spacial score (nSPS) is 21.3. The second-order valence-corrected chi connectivity index (χ2v) is 7.33.